The number of fused-ring (bicyclic) bond motifs is 1. The third-order valence-electron chi connectivity index (χ3n) is 5.64. The van der Waals surface area contributed by atoms with Crippen LogP contribution in [-0.4, -0.2) is 29.0 Å². The molecule has 3 heterocycles. The van der Waals surface area contributed by atoms with Gasteiger partial charge in [0.15, 0.2) is 0 Å². The maximum Gasteiger partial charge on any atom is 0.213 e. The van der Waals surface area contributed by atoms with E-state index in [4.69, 9.17) is 27.7 Å². The van der Waals surface area contributed by atoms with Crippen LogP contribution in [0.4, 0.5) is 5.69 Å². The second-order valence-corrected chi connectivity index (χ2v) is 9.37. The van der Waals surface area contributed by atoms with Gasteiger partial charge in [-0.3, -0.25) is 0 Å². The Morgan fingerprint density at radius 2 is 2.12 bits per heavy atom. The summed E-state index contributed by atoms with van der Waals surface area (Å²) in [5.41, 5.74) is 9.89. The molecular formula is C24H27N5OS2. The van der Waals surface area contributed by atoms with Crippen LogP contribution in [0.3, 0.4) is 0 Å². The molecule has 0 aliphatic carbocycles. The highest BCUT2D eigenvalue weighted by Crippen LogP contribution is 2.41. The number of nitrogens with zero attached hydrogens (tertiary/aromatic N) is 2. The summed E-state index contributed by atoms with van der Waals surface area (Å²) in [5.74, 6) is 0.967. The average molecular weight is 466 g/mol. The van der Waals surface area contributed by atoms with E-state index in [-0.39, 0.29) is 0 Å². The number of aromatic nitrogens is 2. The first-order valence-corrected chi connectivity index (χ1v) is 11.8. The number of nitrogens with one attached hydrogen (secondary N) is 2. The first kappa shape index (κ1) is 22.2. The molecule has 0 saturated heterocycles. The molecule has 6 nitrogen and oxygen atoms in total. The fourth-order valence-corrected chi connectivity index (χ4v) is 5.12. The van der Waals surface area contributed by atoms with E-state index < -0.39 is 5.41 Å². The number of methoxy groups -OCH3 is 1. The van der Waals surface area contributed by atoms with Crippen molar-refractivity contribution in [3.8, 4) is 5.88 Å². The summed E-state index contributed by atoms with van der Waals surface area (Å²) >= 11 is 7.37. The smallest absolute Gasteiger partial charge is 0.213 e. The molecule has 0 amide bonds. The molecule has 0 spiro atoms. The Morgan fingerprint density at radius 1 is 1.31 bits per heavy atom. The van der Waals surface area contributed by atoms with Crippen LogP contribution < -0.4 is 21.1 Å². The molecule has 0 bridgehead atoms. The number of para-hydroxylation sites is 1. The summed E-state index contributed by atoms with van der Waals surface area (Å²) in [6.07, 6.45) is 3.52. The molecule has 2 aromatic heterocycles. The van der Waals surface area contributed by atoms with Crippen molar-refractivity contribution in [1.29, 1.82) is 0 Å². The fourth-order valence-electron chi connectivity index (χ4n) is 3.94. The van der Waals surface area contributed by atoms with E-state index in [1.165, 1.54) is 4.88 Å². The van der Waals surface area contributed by atoms with Gasteiger partial charge in [0, 0.05) is 47.1 Å². The van der Waals surface area contributed by atoms with Crippen molar-refractivity contribution >= 4 is 40.3 Å². The summed E-state index contributed by atoms with van der Waals surface area (Å²) in [6, 6.07) is 12.0. The monoisotopic (exact) mass is 465 g/mol. The van der Waals surface area contributed by atoms with Crippen LogP contribution in [0.2, 0.25) is 0 Å². The molecule has 1 aromatic carbocycles. The molecule has 166 valence electrons. The summed E-state index contributed by atoms with van der Waals surface area (Å²) < 4.78 is 5.43. The highest BCUT2D eigenvalue weighted by Gasteiger charge is 2.41. The number of thiocarbonyl (C=S) groups is 1. The predicted molar refractivity (Wildman–Crippen MR) is 135 cm³/mol. The molecule has 0 fully saturated rings. The van der Waals surface area contributed by atoms with Crippen LogP contribution in [-0.2, 0) is 12.0 Å². The van der Waals surface area contributed by atoms with Crippen LogP contribution >= 0.6 is 23.6 Å². The summed E-state index contributed by atoms with van der Waals surface area (Å²) in [4.78, 5) is 10.6. The normalized spacial score (nSPS) is 18.8. The van der Waals surface area contributed by atoms with Crippen molar-refractivity contribution < 1.29 is 4.74 Å². The minimum absolute atomic E-state index is 0.426. The van der Waals surface area contributed by atoms with Crippen LogP contribution in [0.5, 0.6) is 5.88 Å². The van der Waals surface area contributed by atoms with Gasteiger partial charge in [-0.15, -0.1) is 11.3 Å². The van der Waals surface area contributed by atoms with E-state index in [1.54, 1.807) is 30.0 Å². The Balaban J connectivity index is 1.76. The standard InChI is InChI=1S/C24H27N5OS2/c1-15(2)23-27-12-16(32-23)11-26-19-7-5-4-6-18(19)24(14-31)13-28-20(10-25)17-8-9-21(30-3)29-22(17)24/h4-10,12,14-15,26,28H,11,13,25H2,1-3H3/b20-10-. The van der Waals surface area contributed by atoms with E-state index in [9.17, 15) is 0 Å². The van der Waals surface area contributed by atoms with Gasteiger partial charge in [-0.25, -0.2) is 9.97 Å². The highest BCUT2D eigenvalue weighted by atomic mass is 32.1. The zero-order chi connectivity index (χ0) is 22.7. The van der Waals surface area contributed by atoms with E-state index in [1.807, 2.05) is 30.5 Å². The number of anilines is 1. The van der Waals surface area contributed by atoms with Gasteiger partial charge in [-0.1, -0.05) is 44.3 Å². The van der Waals surface area contributed by atoms with Gasteiger partial charge >= 0.3 is 0 Å². The molecule has 32 heavy (non-hydrogen) atoms. The van der Waals surface area contributed by atoms with Crippen molar-refractivity contribution in [2.24, 2.45) is 5.73 Å². The zero-order valence-corrected chi connectivity index (χ0v) is 20.0. The third-order valence-corrected chi connectivity index (χ3v) is 7.34. The number of nitrogens with two attached hydrogens (primary N) is 1. The van der Waals surface area contributed by atoms with Crippen molar-refractivity contribution in [2.75, 3.05) is 19.0 Å². The van der Waals surface area contributed by atoms with Gasteiger partial charge in [0.25, 0.3) is 0 Å². The van der Waals surface area contributed by atoms with Gasteiger partial charge in [0.2, 0.25) is 5.88 Å². The molecule has 3 aromatic rings. The zero-order valence-electron chi connectivity index (χ0n) is 18.4. The van der Waals surface area contributed by atoms with E-state index >= 15 is 0 Å². The SMILES string of the molecule is COc1ccc2c(n1)C(C=S)(c1ccccc1NCc1cnc(C(C)C)s1)CN/C2=C\N. The number of pyridine rings is 1. The van der Waals surface area contributed by atoms with E-state index in [0.29, 0.717) is 24.9 Å². The molecule has 1 aliphatic rings. The second-order valence-electron chi connectivity index (χ2n) is 7.99. The summed E-state index contributed by atoms with van der Waals surface area (Å²) in [6.45, 7) is 5.55. The molecule has 4 rings (SSSR count). The van der Waals surface area contributed by atoms with Crippen LogP contribution in [0, 0.1) is 0 Å². The van der Waals surface area contributed by atoms with Gasteiger partial charge in [-0.05, 0) is 23.1 Å². The number of ether oxygens (including phenoxy) is 1. The lowest BCUT2D eigenvalue weighted by Gasteiger charge is -2.38. The Labute approximate surface area is 197 Å². The highest BCUT2D eigenvalue weighted by molar-refractivity contribution is 7.79. The lowest BCUT2D eigenvalue weighted by molar-refractivity contribution is 0.393. The maximum atomic E-state index is 5.89. The number of hydrogen-bond donors (Lipinski definition) is 3. The van der Waals surface area contributed by atoms with Gasteiger partial charge in [0.1, 0.15) is 0 Å². The molecule has 4 N–H and O–H groups in total. The lowest BCUT2D eigenvalue weighted by atomic mass is 9.73. The Bertz CT molecular complexity index is 1160. The Hall–Kier alpha value is -2.97. The van der Waals surface area contributed by atoms with Crippen LogP contribution in [0.15, 0.2) is 48.8 Å². The molecule has 8 heteroatoms. The topological polar surface area (TPSA) is 85.1 Å². The van der Waals surface area contributed by atoms with Gasteiger partial charge in [0.05, 0.1) is 35.5 Å². The number of thiazole rings is 1. The van der Waals surface area contributed by atoms with Crippen molar-refractivity contribution in [2.45, 2.75) is 31.7 Å². The van der Waals surface area contributed by atoms with E-state index in [2.05, 4.69) is 41.6 Å². The van der Waals surface area contributed by atoms with E-state index in [0.717, 1.165) is 33.2 Å². The van der Waals surface area contributed by atoms with Crippen molar-refractivity contribution in [3.63, 3.8) is 0 Å². The first-order chi connectivity index (χ1) is 15.5. The number of hydrogen-bond acceptors (Lipinski definition) is 8. The fraction of sp³-hybridized carbons (Fsp3) is 0.292. The molecule has 1 atom stereocenters. The molecule has 1 aliphatic heterocycles. The second kappa shape index (κ2) is 9.26. The lowest BCUT2D eigenvalue weighted by Crippen LogP contribution is -2.45. The summed E-state index contributed by atoms with van der Waals surface area (Å²) in [7, 11) is 1.62. The molecular weight excluding hydrogens is 438 g/mol. The maximum absolute atomic E-state index is 5.89. The predicted octanol–water partition coefficient (Wildman–Crippen LogP) is 4.43. The molecule has 0 radical (unpaired) electrons. The van der Waals surface area contributed by atoms with Gasteiger partial charge in [-0.2, -0.15) is 0 Å². The van der Waals surface area contributed by atoms with Crippen LogP contribution in [0.1, 0.15) is 46.5 Å². The Morgan fingerprint density at radius 3 is 2.81 bits per heavy atom. The van der Waals surface area contributed by atoms with Crippen LogP contribution in [0.25, 0.3) is 5.70 Å². The first-order valence-electron chi connectivity index (χ1n) is 10.5. The average Bonchev–Trinajstić information content (AvgIpc) is 3.31. The summed E-state index contributed by atoms with van der Waals surface area (Å²) in [5, 5.41) is 9.98. The Kier molecular flexibility index (Phi) is 6.43. The molecule has 0 saturated carbocycles. The quantitative estimate of drug-likeness (QED) is 0.445. The van der Waals surface area contributed by atoms with Crippen molar-refractivity contribution in [1.82, 2.24) is 15.3 Å². The molecule has 1 unspecified atom stereocenters. The van der Waals surface area contributed by atoms with Gasteiger partial charge < -0.3 is 21.1 Å². The third kappa shape index (κ3) is 3.96. The minimum atomic E-state index is -0.633. The van der Waals surface area contributed by atoms with Crippen molar-refractivity contribution in [3.05, 3.63) is 75.5 Å². The number of rotatable bonds is 7. The minimum Gasteiger partial charge on any atom is -0.481 e. The largest absolute Gasteiger partial charge is 0.481 e. The number of benzene rings is 1.